The summed E-state index contributed by atoms with van der Waals surface area (Å²) < 4.78 is 25.4. The van der Waals surface area contributed by atoms with Crippen LogP contribution in [-0.2, 0) is 0 Å². The quantitative estimate of drug-likeness (QED) is 0.573. The molecule has 0 radical (unpaired) electrons. The van der Waals surface area contributed by atoms with Crippen molar-refractivity contribution in [1.29, 1.82) is 0 Å². The minimum atomic E-state index is -1.25. The van der Waals surface area contributed by atoms with Gasteiger partial charge in [0.05, 0.1) is 0 Å². The minimum Gasteiger partial charge on any atom is -0.0654 e. The molecule has 1 aromatic rings. The number of unbranched alkanes of at least 4 members (excludes halogenated alkanes) is 2. The van der Waals surface area contributed by atoms with Crippen molar-refractivity contribution in [3.05, 3.63) is 35.4 Å². The van der Waals surface area contributed by atoms with Crippen LogP contribution in [0.15, 0.2) is 24.3 Å². The fraction of sp³-hybridized carbons (Fsp3) is 0.667. The predicted molar refractivity (Wildman–Crippen MR) is 80.0 cm³/mol. The van der Waals surface area contributed by atoms with Gasteiger partial charge in [0.25, 0.3) is 0 Å². The topological polar surface area (TPSA) is 0 Å². The Kier molecular flexibility index (Phi) is 3.90. The maximum Gasteiger partial charge on any atom is 0.0273 e. The molecule has 1 saturated carbocycles. The third kappa shape index (κ3) is 3.86. The standard InChI is InChI=1S/C18H28/c1-3-4-5-6-16-9-13-18(14-10-16)17-11-7-15(2)8-12-17/h7-8,11-12,16,18H,3-6,9-10,13-14H2,1-2H3/t16-,18-/i13D,14D2/t13?,16-,18-/m0/s1. The van der Waals surface area contributed by atoms with Crippen LogP contribution in [0.4, 0.5) is 0 Å². The number of benzene rings is 1. The molecule has 2 rings (SSSR count). The molecule has 100 valence electrons. The average molecular weight is 247 g/mol. The van der Waals surface area contributed by atoms with Crippen molar-refractivity contribution in [3.63, 3.8) is 0 Å². The maximum absolute atomic E-state index is 8.46. The van der Waals surface area contributed by atoms with Crippen molar-refractivity contribution in [1.82, 2.24) is 0 Å². The summed E-state index contributed by atoms with van der Waals surface area (Å²) in [5, 5.41) is 0. The number of hydrogen-bond donors (Lipinski definition) is 0. The van der Waals surface area contributed by atoms with Crippen molar-refractivity contribution in [2.75, 3.05) is 0 Å². The van der Waals surface area contributed by atoms with Gasteiger partial charge in [-0.25, -0.2) is 0 Å². The summed E-state index contributed by atoms with van der Waals surface area (Å²) in [4.78, 5) is 0. The van der Waals surface area contributed by atoms with E-state index in [9.17, 15) is 0 Å². The minimum absolute atomic E-state index is 0.277. The molecule has 3 atom stereocenters. The Bertz CT molecular complexity index is 438. The Hall–Kier alpha value is -0.780. The molecule has 18 heavy (non-hydrogen) atoms. The normalized spacial score (nSPS) is 33.4. The summed E-state index contributed by atoms with van der Waals surface area (Å²) in [6.07, 6.45) is 4.59. The van der Waals surface area contributed by atoms with Gasteiger partial charge in [-0.05, 0) is 49.9 Å². The van der Waals surface area contributed by atoms with Gasteiger partial charge in [-0.3, -0.25) is 0 Å². The van der Waals surface area contributed by atoms with Gasteiger partial charge < -0.3 is 0 Å². The zero-order valence-corrected chi connectivity index (χ0v) is 11.8. The second-order valence-corrected chi connectivity index (χ2v) is 5.63. The number of rotatable bonds is 5. The van der Waals surface area contributed by atoms with E-state index in [-0.39, 0.29) is 12.3 Å². The molecule has 1 fully saturated rings. The first-order valence-electron chi connectivity index (χ1n) is 9.00. The second kappa shape index (κ2) is 6.97. The highest BCUT2D eigenvalue weighted by atomic mass is 14.3. The van der Waals surface area contributed by atoms with E-state index in [0.29, 0.717) is 12.3 Å². The van der Waals surface area contributed by atoms with Crippen LogP contribution in [0.25, 0.3) is 0 Å². The molecule has 0 spiro atoms. The lowest BCUT2D eigenvalue weighted by molar-refractivity contribution is 0.303. The summed E-state index contributed by atoms with van der Waals surface area (Å²) in [6.45, 7) is 4.24. The third-order valence-corrected chi connectivity index (χ3v) is 3.98. The van der Waals surface area contributed by atoms with Crippen LogP contribution >= 0.6 is 0 Å². The monoisotopic (exact) mass is 247 g/mol. The van der Waals surface area contributed by atoms with Crippen LogP contribution in [0.5, 0.6) is 0 Å². The molecule has 1 aliphatic rings. The van der Waals surface area contributed by atoms with Gasteiger partial charge >= 0.3 is 0 Å². The number of hydrogen-bond acceptors (Lipinski definition) is 0. The molecule has 0 heteroatoms. The fourth-order valence-corrected chi connectivity index (χ4v) is 2.72. The molecule has 0 amide bonds. The molecule has 1 aromatic carbocycles. The van der Waals surface area contributed by atoms with Gasteiger partial charge in [-0.1, -0.05) is 62.4 Å². The molecular weight excluding hydrogens is 216 g/mol. The van der Waals surface area contributed by atoms with E-state index >= 15 is 0 Å². The largest absolute Gasteiger partial charge is 0.0654 e. The maximum atomic E-state index is 8.46. The lowest BCUT2D eigenvalue weighted by Gasteiger charge is -2.29. The van der Waals surface area contributed by atoms with Crippen molar-refractivity contribution in [2.45, 2.75) is 71.1 Å². The molecule has 1 unspecified atom stereocenters. The lowest BCUT2D eigenvalue weighted by atomic mass is 9.77. The van der Waals surface area contributed by atoms with E-state index in [1.165, 1.54) is 24.8 Å². The molecule has 0 N–H and O–H groups in total. The molecule has 1 aliphatic carbocycles. The van der Waals surface area contributed by atoms with Crippen LogP contribution < -0.4 is 0 Å². The van der Waals surface area contributed by atoms with Gasteiger partial charge in [0, 0.05) is 4.11 Å². The summed E-state index contributed by atoms with van der Waals surface area (Å²) in [5.41, 5.74) is 2.19. The van der Waals surface area contributed by atoms with Crippen LogP contribution in [0, 0.1) is 12.8 Å². The zero-order chi connectivity index (χ0) is 15.5. The number of aryl methyl sites for hydroxylation is 1. The Labute approximate surface area is 117 Å². The third-order valence-electron chi connectivity index (χ3n) is 3.98. The van der Waals surface area contributed by atoms with Crippen molar-refractivity contribution < 1.29 is 4.11 Å². The van der Waals surface area contributed by atoms with Crippen LogP contribution in [0.3, 0.4) is 0 Å². The highest BCUT2D eigenvalue weighted by Crippen LogP contribution is 2.37. The Morgan fingerprint density at radius 2 is 1.94 bits per heavy atom. The fourth-order valence-electron chi connectivity index (χ4n) is 2.72. The average Bonchev–Trinajstić information content (AvgIpc) is 2.40. The van der Waals surface area contributed by atoms with Gasteiger partial charge in [0.15, 0.2) is 0 Å². The van der Waals surface area contributed by atoms with Gasteiger partial charge in [-0.2, -0.15) is 0 Å². The molecule has 0 bridgehead atoms. The summed E-state index contributed by atoms with van der Waals surface area (Å²) >= 11 is 0. The molecular formula is C18H28. The smallest absolute Gasteiger partial charge is 0.0273 e. The molecule has 0 nitrogen and oxygen atoms in total. The van der Waals surface area contributed by atoms with E-state index in [2.05, 4.69) is 6.92 Å². The lowest BCUT2D eigenvalue weighted by Crippen LogP contribution is -2.13. The van der Waals surface area contributed by atoms with E-state index < -0.39 is 6.37 Å². The first-order chi connectivity index (χ1) is 9.94. The predicted octanol–water partition coefficient (Wildman–Crippen LogP) is 5.85. The zero-order valence-electron chi connectivity index (χ0n) is 14.8. The van der Waals surface area contributed by atoms with E-state index in [1.807, 2.05) is 31.2 Å². The Morgan fingerprint density at radius 3 is 2.61 bits per heavy atom. The molecule has 0 aromatic heterocycles. The highest BCUT2D eigenvalue weighted by molar-refractivity contribution is 5.24. The van der Waals surface area contributed by atoms with Gasteiger partial charge in [0.2, 0.25) is 0 Å². The Morgan fingerprint density at radius 1 is 1.17 bits per heavy atom. The van der Waals surface area contributed by atoms with Crippen molar-refractivity contribution >= 4 is 0 Å². The van der Waals surface area contributed by atoms with Crippen molar-refractivity contribution in [3.8, 4) is 0 Å². The van der Waals surface area contributed by atoms with E-state index in [0.717, 1.165) is 18.4 Å². The molecule has 0 heterocycles. The van der Waals surface area contributed by atoms with Gasteiger partial charge in [-0.15, -0.1) is 0 Å². The van der Waals surface area contributed by atoms with Crippen LogP contribution in [0.1, 0.15) is 79.4 Å². The molecule has 0 saturated heterocycles. The first-order valence-corrected chi connectivity index (χ1v) is 7.43. The van der Waals surface area contributed by atoms with E-state index in [4.69, 9.17) is 4.11 Å². The van der Waals surface area contributed by atoms with Crippen LogP contribution in [-0.4, -0.2) is 0 Å². The first kappa shape index (κ1) is 10.1. The highest BCUT2D eigenvalue weighted by Gasteiger charge is 2.21. The van der Waals surface area contributed by atoms with Gasteiger partial charge in [0.1, 0.15) is 0 Å². The van der Waals surface area contributed by atoms with E-state index in [1.54, 1.807) is 0 Å². The van der Waals surface area contributed by atoms with Crippen LogP contribution in [0.2, 0.25) is 0 Å². The SMILES string of the molecule is [2H]C1C[C@H](CCCCC)CC([2H])([2H])[C@H]1c1ccc(C)cc1. The molecule has 0 aliphatic heterocycles. The Balaban J connectivity index is 2.08. The van der Waals surface area contributed by atoms with Crippen molar-refractivity contribution in [2.24, 2.45) is 5.92 Å². The second-order valence-electron chi connectivity index (χ2n) is 5.63. The summed E-state index contributed by atoms with van der Waals surface area (Å²) in [5.74, 6) is 0.108. The summed E-state index contributed by atoms with van der Waals surface area (Å²) in [6, 6.07) is 8.09. The summed E-state index contributed by atoms with van der Waals surface area (Å²) in [7, 11) is 0.